The Morgan fingerprint density at radius 3 is 3.06 bits per heavy atom. The van der Waals surface area contributed by atoms with Crippen LogP contribution in [0.5, 0.6) is 0 Å². The van der Waals surface area contributed by atoms with E-state index in [1.54, 1.807) is 6.20 Å². The van der Waals surface area contributed by atoms with Crippen molar-refractivity contribution in [2.45, 2.75) is 6.92 Å². The number of anilines is 1. The molecule has 0 unspecified atom stereocenters. The second kappa shape index (κ2) is 4.29. The summed E-state index contributed by atoms with van der Waals surface area (Å²) in [6.07, 6.45) is 1.73. The van der Waals surface area contributed by atoms with Crippen LogP contribution in [0.2, 0.25) is 0 Å². The average molecular weight is 237 g/mol. The third-order valence-corrected chi connectivity index (χ3v) is 2.80. The predicted molar refractivity (Wildman–Crippen MR) is 73.6 cm³/mol. The van der Waals surface area contributed by atoms with Gasteiger partial charge in [0, 0.05) is 18.4 Å². The van der Waals surface area contributed by atoms with Gasteiger partial charge in [-0.3, -0.25) is 15.0 Å². The Morgan fingerprint density at radius 1 is 1.39 bits per heavy atom. The van der Waals surface area contributed by atoms with Gasteiger partial charge >= 0.3 is 0 Å². The van der Waals surface area contributed by atoms with Crippen molar-refractivity contribution in [1.82, 2.24) is 15.3 Å². The molecule has 18 heavy (non-hydrogen) atoms. The summed E-state index contributed by atoms with van der Waals surface area (Å²) in [5.41, 5.74) is 3.77. The maximum absolute atomic E-state index is 6.12. The van der Waals surface area contributed by atoms with Crippen molar-refractivity contribution in [1.29, 1.82) is 0 Å². The Labute approximate surface area is 106 Å². The number of fused-ring (bicyclic) bond motifs is 1. The maximum atomic E-state index is 6.12. The molecule has 0 fully saturated rings. The number of guanidine groups is 1. The fourth-order valence-corrected chi connectivity index (χ4v) is 1.90. The SMILES string of the molecule is [B]c1c(NC2=NCCN2)ccc2ncc(C)nc12. The minimum absolute atomic E-state index is 0.597. The fourth-order valence-electron chi connectivity index (χ4n) is 1.90. The molecule has 0 bridgehead atoms. The van der Waals surface area contributed by atoms with Crippen LogP contribution < -0.4 is 16.1 Å². The molecule has 1 aromatic carbocycles. The lowest BCUT2D eigenvalue weighted by Crippen LogP contribution is -2.29. The number of aliphatic imine (C=N–C) groups is 1. The molecule has 3 rings (SSSR count). The number of hydrogen-bond acceptors (Lipinski definition) is 5. The highest BCUT2D eigenvalue weighted by atomic mass is 15.2. The molecule has 0 atom stereocenters. The van der Waals surface area contributed by atoms with Crippen LogP contribution in [0.25, 0.3) is 11.0 Å². The Bertz CT molecular complexity index is 638. The first kappa shape index (κ1) is 11.0. The van der Waals surface area contributed by atoms with E-state index in [-0.39, 0.29) is 0 Å². The molecule has 88 valence electrons. The van der Waals surface area contributed by atoms with E-state index in [1.807, 2.05) is 19.1 Å². The van der Waals surface area contributed by atoms with E-state index in [1.165, 1.54) is 0 Å². The Kier molecular flexibility index (Phi) is 2.62. The summed E-state index contributed by atoms with van der Waals surface area (Å²) in [7, 11) is 6.12. The van der Waals surface area contributed by atoms with Crippen molar-refractivity contribution >= 4 is 36.0 Å². The van der Waals surface area contributed by atoms with Gasteiger partial charge < -0.3 is 10.6 Å². The van der Waals surface area contributed by atoms with Gasteiger partial charge in [0.15, 0.2) is 5.96 Å². The first-order valence-electron chi connectivity index (χ1n) is 5.81. The summed E-state index contributed by atoms with van der Waals surface area (Å²) in [5, 5.41) is 6.31. The number of benzene rings is 1. The van der Waals surface area contributed by atoms with E-state index in [4.69, 9.17) is 7.85 Å². The number of aryl methyl sites for hydroxylation is 1. The molecular formula is C12H12BN5. The zero-order chi connectivity index (χ0) is 12.5. The summed E-state index contributed by atoms with van der Waals surface area (Å²) >= 11 is 0. The number of hydrogen-bond donors (Lipinski definition) is 2. The lowest BCUT2D eigenvalue weighted by Gasteiger charge is -2.11. The third-order valence-electron chi connectivity index (χ3n) is 2.80. The quantitative estimate of drug-likeness (QED) is 0.690. The third kappa shape index (κ3) is 1.90. The topological polar surface area (TPSA) is 62.2 Å². The molecule has 5 nitrogen and oxygen atoms in total. The second-order valence-electron chi connectivity index (χ2n) is 4.19. The minimum atomic E-state index is 0.597. The van der Waals surface area contributed by atoms with E-state index >= 15 is 0 Å². The van der Waals surface area contributed by atoms with Gasteiger partial charge in [0.05, 0.1) is 23.3 Å². The normalized spacial score (nSPS) is 14.4. The van der Waals surface area contributed by atoms with Crippen LogP contribution >= 0.6 is 0 Å². The highest BCUT2D eigenvalue weighted by Crippen LogP contribution is 2.12. The molecule has 1 aliphatic rings. The predicted octanol–water partition coefficient (Wildman–Crippen LogP) is 0.103. The van der Waals surface area contributed by atoms with Crippen LogP contribution in [0.15, 0.2) is 23.3 Å². The Morgan fingerprint density at radius 2 is 2.28 bits per heavy atom. The summed E-state index contributed by atoms with van der Waals surface area (Å²) < 4.78 is 0. The van der Waals surface area contributed by atoms with Crippen LogP contribution in [0.4, 0.5) is 5.69 Å². The Balaban J connectivity index is 2.04. The van der Waals surface area contributed by atoms with Crippen molar-refractivity contribution in [2.24, 2.45) is 4.99 Å². The van der Waals surface area contributed by atoms with Gasteiger partial charge in [0.2, 0.25) is 0 Å². The van der Waals surface area contributed by atoms with Crippen LogP contribution in [0, 0.1) is 6.92 Å². The van der Waals surface area contributed by atoms with E-state index in [0.29, 0.717) is 5.46 Å². The van der Waals surface area contributed by atoms with E-state index in [9.17, 15) is 0 Å². The van der Waals surface area contributed by atoms with Gasteiger partial charge in [-0.15, -0.1) is 0 Å². The standard InChI is InChI=1S/C12H12BN5/c1-7-6-16-9-3-2-8(10(13)11(9)17-7)18-12-14-4-5-15-12/h2-3,6H,4-5H2,1H3,(H2,14,15,18). The van der Waals surface area contributed by atoms with Crippen LogP contribution in [-0.4, -0.2) is 36.9 Å². The summed E-state index contributed by atoms with van der Waals surface area (Å²) in [4.78, 5) is 13.0. The summed E-state index contributed by atoms with van der Waals surface area (Å²) in [5.74, 6) is 0.752. The average Bonchev–Trinajstić information content (AvgIpc) is 2.86. The molecule has 1 aromatic heterocycles. The molecular weight excluding hydrogens is 225 g/mol. The van der Waals surface area contributed by atoms with Crippen molar-refractivity contribution in [2.75, 3.05) is 18.4 Å². The number of aromatic nitrogens is 2. The summed E-state index contributed by atoms with van der Waals surface area (Å²) in [6.45, 7) is 3.54. The fraction of sp³-hybridized carbons (Fsp3) is 0.250. The largest absolute Gasteiger partial charge is 0.354 e. The lowest BCUT2D eigenvalue weighted by atomic mass is 9.92. The lowest BCUT2D eigenvalue weighted by molar-refractivity contribution is 0.959. The van der Waals surface area contributed by atoms with Crippen LogP contribution in [0.1, 0.15) is 5.69 Å². The van der Waals surface area contributed by atoms with Crippen molar-refractivity contribution < 1.29 is 0 Å². The maximum Gasteiger partial charge on any atom is 0.195 e. The molecule has 0 spiro atoms. The van der Waals surface area contributed by atoms with E-state index in [2.05, 4.69) is 25.6 Å². The molecule has 2 radical (unpaired) electrons. The van der Waals surface area contributed by atoms with E-state index in [0.717, 1.165) is 41.5 Å². The van der Waals surface area contributed by atoms with Crippen LogP contribution in [-0.2, 0) is 0 Å². The highest BCUT2D eigenvalue weighted by Gasteiger charge is 2.09. The van der Waals surface area contributed by atoms with Crippen molar-refractivity contribution in [3.8, 4) is 0 Å². The molecule has 0 saturated heterocycles. The van der Waals surface area contributed by atoms with Crippen LogP contribution in [0.3, 0.4) is 0 Å². The number of rotatable bonds is 1. The molecule has 2 heterocycles. The number of nitrogens with zero attached hydrogens (tertiary/aromatic N) is 3. The molecule has 2 aromatic rings. The van der Waals surface area contributed by atoms with Gasteiger partial charge in [-0.2, -0.15) is 0 Å². The van der Waals surface area contributed by atoms with Crippen molar-refractivity contribution in [3.63, 3.8) is 0 Å². The second-order valence-corrected chi connectivity index (χ2v) is 4.19. The highest BCUT2D eigenvalue weighted by molar-refractivity contribution is 6.42. The summed E-state index contributed by atoms with van der Waals surface area (Å²) in [6, 6.07) is 3.79. The van der Waals surface area contributed by atoms with Crippen molar-refractivity contribution in [3.05, 3.63) is 24.0 Å². The van der Waals surface area contributed by atoms with Gasteiger partial charge in [-0.25, -0.2) is 0 Å². The van der Waals surface area contributed by atoms with Gasteiger partial charge in [-0.1, -0.05) is 0 Å². The molecule has 6 heteroatoms. The van der Waals surface area contributed by atoms with Gasteiger partial charge in [0.25, 0.3) is 0 Å². The smallest absolute Gasteiger partial charge is 0.195 e. The minimum Gasteiger partial charge on any atom is -0.354 e. The number of nitrogens with one attached hydrogen (secondary N) is 2. The molecule has 1 aliphatic heterocycles. The van der Waals surface area contributed by atoms with Gasteiger partial charge in [0.1, 0.15) is 7.85 Å². The van der Waals surface area contributed by atoms with Gasteiger partial charge in [-0.05, 0) is 24.5 Å². The zero-order valence-electron chi connectivity index (χ0n) is 10.1. The van der Waals surface area contributed by atoms with E-state index < -0.39 is 0 Å². The first-order chi connectivity index (χ1) is 8.74. The molecule has 0 amide bonds. The molecule has 0 aliphatic carbocycles. The Hall–Kier alpha value is -2.11. The molecule has 2 N–H and O–H groups in total. The monoisotopic (exact) mass is 237 g/mol. The zero-order valence-corrected chi connectivity index (χ0v) is 10.1. The molecule has 0 saturated carbocycles. The first-order valence-corrected chi connectivity index (χ1v) is 5.81.